The molecule has 1 amide bonds. The van der Waals surface area contributed by atoms with Crippen molar-refractivity contribution in [2.45, 2.75) is 51.0 Å². The summed E-state index contributed by atoms with van der Waals surface area (Å²) in [4.78, 5) is 12.5. The number of hydrogen-bond donors (Lipinski definition) is 1. The number of alkyl halides is 1. The first-order valence-corrected chi connectivity index (χ1v) is 7.39. The second-order valence-electron chi connectivity index (χ2n) is 6.52. The minimum Gasteiger partial charge on any atom is -0.345 e. The maximum Gasteiger partial charge on any atom is 0.252 e. The maximum absolute atomic E-state index is 12.5. The maximum atomic E-state index is 12.5. The highest BCUT2D eigenvalue weighted by Crippen LogP contribution is 2.34. The third kappa shape index (κ3) is 2.94. The summed E-state index contributed by atoms with van der Waals surface area (Å²) in [6.07, 6.45) is 3.12. The lowest BCUT2D eigenvalue weighted by atomic mass is 9.77. The van der Waals surface area contributed by atoms with Crippen molar-refractivity contribution in [1.29, 1.82) is 0 Å². The molecular weight excluding hydrogens is 258 g/mol. The van der Waals surface area contributed by atoms with Crippen LogP contribution in [0.25, 0.3) is 0 Å². The van der Waals surface area contributed by atoms with E-state index in [1.54, 1.807) is 0 Å². The van der Waals surface area contributed by atoms with Crippen molar-refractivity contribution in [3.63, 3.8) is 0 Å². The highest BCUT2D eigenvalue weighted by atomic mass is 35.5. The van der Waals surface area contributed by atoms with E-state index in [2.05, 4.69) is 26.1 Å². The predicted octanol–water partition coefficient (Wildman–Crippen LogP) is 3.88. The Kier molecular flexibility index (Phi) is 3.91. The Bertz CT molecular complexity index is 466. The molecule has 1 aliphatic carbocycles. The van der Waals surface area contributed by atoms with Crippen molar-refractivity contribution in [1.82, 2.24) is 5.32 Å². The molecule has 1 saturated carbocycles. The van der Waals surface area contributed by atoms with Gasteiger partial charge in [0.15, 0.2) is 0 Å². The lowest BCUT2D eigenvalue weighted by Crippen LogP contribution is -2.55. The normalized spacial score (nSPS) is 17.7. The zero-order chi connectivity index (χ0) is 14.1. The summed E-state index contributed by atoms with van der Waals surface area (Å²) in [6.45, 7) is 6.37. The first-order valence-electron chi connectivity index (χ1n) is 6.86. The van der Waals surface area contributed by atoms with Crippen molar-refractivity contribution in [2.24, 2.45) is 0 Å². The molecule has 0 heterocycles. The average molecular weight is 280 g/mol. The van der Waals surface area contributed by atoms with Crippen LogP contribution in [0.3, 0.4) is 0 Å². The Labute approximate surface area is 120 Å². The number of rotatable bonds is 3. The van der Waals surface area contributed by atoms with E-state index in [4.69, 9.17) is 11.6 Å². The molecule has 1 aliphatic rings. The van der Waals surface area contributed by atoms with Crippen LogP contribution in [0.1, 0.15) is 56.0 Å². The summed E-state index contributed by atoms with van der Waals surface area (Å²) < 4.78 is 0. The van der Waals surface area contributed by atoms with Crippen LogP contribution >= 0.6 is 11.6 Å². The van der Waals surface area contributed by atoms with Crippen LogP contribution in [0.5, 0.6) is 0 Å². The summed E-state index contributed by atoms with van der Waals surface area (Å²) >= 11 is 6.01. The van der Waals surface area contributed by atoms with Gasteiger partial charge in [-0.3, -0.25) is 4.79 Å². The predicted molar refractivity (Wildman–Crippen MR) is 79.9 cm³/mol. The summed E-state index contributed by atoms with van der Waals surface area (Å²) in [5.74, 6) is 0.502. The van der Waals surface area contributed by atoms with Gasteiger partial charge in [-0.05, 0) is 36.3 Å². The molecule has 1 N–H and O–H groups in total. The van der Waals surface area contributed by atoms with E-state index in [1.807, 2.05) is 24.3 Å². The Morgan fingerprint density at radius 2 is 1.95 bits per heavy atom. The standard InChI is InChI=1S/C16H22ClNO/c1-15(2,3)13-8-5-4-7-12(13)14(19)18-16(11-17)9-6-10-16/h4-5,7-8H,6,9-11H2,1-3H3,(H,18,19). The fourth-order valence-corrected chi connectivity index (χ4v) is 2.87. The van der Waals surface area contributed by atoms with Crippen molar-refractivity contribution in [3.8, 4) is 0 Å². The molecular formula is C16H22ClNO. The summed E-state index contributed by atoms with van der Waals surface area (Å²) in [5.41, 5.74) is 1.63. The zero-order valence-corrected chi connectivity index (χ0v) is 12.7. The monoisotopic (exact) mass is 279 g/mol. The van der Waals surface area contributed by atoms with E-state index in [0.717, 1.165) is 30.4 Å². The fourth-order valence-electron chi connectivity index (χ4n) is 2.54. The molecule has 0 aromatic heterocycles. The van der Waals surface area contributed by atoms with Gasteiger partial charge in [-0.1, -0.05) is 39.0 Å². The van der Waals surface area contributed by atoms with Gasteiger partial charge in [0.2, 0.25) is 0 Å². The van der Waals surface area contributed by atoms with Crippen LogP contribution in [0.2, 0.25) is 0 Å². The highest BCUT2D eigenvalue weighted by molar-refractivity contribution is 6.19. The van der Waals surface area contributed by atoms with Gasteiger partial charge >= 0.3 is 0 Å². The first-order chi connectivity index (χ1) is 8.88. The van der Waals surface area contributed by atoms with Gasteiger partial charge < -0.3 is 5.32 Å². The molecule has 1 aromatic carbocycles. The van der Waals surface area contributed by atoms with E-state index in [1.165, 1.54) is 0 Å². The molecule has 0 unspecified atom stereocenters. The van der Waals surface area contributed by atoms with E-state index in [-0.39, 0.29) is 16.9 Å². The van der Waals surface area contributed by atoms with Crippen LogP contribution < -0.4 is 5.32 Å². The van der Waals surface area contributed by atoms with Gasteiger partial charge in [-0.2, -0.15) is 0 Å². The molecule has 0 spiro atoms. The molecule has 2 rings (SSSR count). The molecule has 0 atom stereocenters. The third-order valence-corrected chi connectivity index (χ3v) is 4.44. The number of amides is 1. The number of halogens is 1. The summed E-state index contributed by atoms with van der Waals surface area (Å²) in [7, 11) is 0. The molecule has 0 radical (unpaired) electrons. The Balaban J connectivity index is 2.25. The molecule has 104 valence electrons. The van der Waals surface area contributed by atoms with Gasteiger partial charge in [0.05, 0.1) is 5.54 Å². The number of benzene rings is 1. The minimum atomic E-state index is -0.177. The van der Waals surface area contributed by atoms with Crippen LogP contribution in [0.4, 0.5) is 0 Å². The molecule has 19 heavy (non-hydrogen) atoms. The van der Waals surface area contributed by atoms with Crippen molar-refractivity contribution >= 4 is 17.5 Å². The smallest absolute Gasteiger partial charge is 0.252 e. The number of carbonyl (C=O) groups excluding carboxylic acids is 1. The van der Waals surface area contributed by atoms with Gasteiger partial charge in [0.1, 0.15) is 0 Å². The summed E-state index contributed by atoms with van der Waals surface area (Å²) in [5, 5.41) is 3.14. The van der Waals surface area contributed by atoms with Crippen molar-refractivity contribution in [2.75, 3.05) is 5.88 Å². The molecule has 1 aromatic rings. The molecule has 1 fully saturated rings. The second kappa shape index (κ2) is 5.16. The lowest BCUT2D eigenvalue weighted by molar-refractivity contribution is 0.0851. The van der Waals surface area contributed by atoms with E-state index >= 15 is 0 Å². The van der Waals surface area contributed by atoms with Gasteiger partial charge in [-0.25, -0.2) is 0 Å². The molecule has 3 heteroatoms. The molecule has 0 aliphatic heterocycles. The minimum absolute atomic E-state index is 0.00544. The average Bonchev–Trinajstić information content (AvgIpc) is 2.32. The van der Waals surface area contributed by atoms with Crippen molar-refractivity contribution in [3.05, 3.63) is 35.4 Å². The largest absolute Gasteiger partial charge is 0.345 e. The summed E-state index contributed by atoms with van der Waals surface area (Å²) in [6, 6.07) is 7.83. The Morgan fingerprint density at radius 3 is 2.42 bits per heavy atom. The van der Waals surface area contributed by atoms with Gasteiger partial charge in [0.25, 0.3) is 5.91 Å². The Morgan fingerprint density at radius 1 is 1.32 bits per heavy atom. The third-order valence-electron chi connectivity index (χ3n) is 3.92. The first kappa shape index (κ1) is 14.4. The second-order valence-corrected chi connectivity index (χ2v) is 6.78. The van der Waals surface area contributed by atoms with E-state index in [0.29, 0.717) is 5.88 Å². The molecule has 2 nitrogen and oxygen atoms in total. The topological polar surface area (TPSA) is 29.1 Å². The van der Waals surface area contributed by atoms with Crippen molar-refractivity contribution < 1.29 is 4.79 Å². The van der Waals surface area contributed by atoms with Crippen LogP contribution in [0, 0.1) is 0 Å². The molecule has 0 bridgehead atoms. The zero-order valence-electron chi connectivity index (χ0n) is 11.9. The number of nitrogens with one attached hydrogen (secondary N) is 1. The van der Waals surface area contributed by atoms with Gasteiger partial charge in [-0.15, -0.1) is 11.6 Å². The van der Waals surface area contributed by atoms with E-state index in [9.17, 15) is 4.79 Å². The SMILES string of the molecule is CC(C)(C)c1ccccc1C(=O)NC1(CCl)CCC1. The number of hydrogen-bond acceptors (Lipinski definition) is 1. The quantitative estimate of drug-likeness (QED) is 0.836. The van der Waals surface area contributed by atoms with Crippen LogP contribution in [0.15, 0.2) is 24.3 Å². The van der Waals surface area contributed by atoms with Crippen LogP contribution in [-0.2, 0) is 5.41 Å². The van der Waals surface area contributed by atoms with E-state index < -0.39 is 0 Å². The number of carbonyl (C=O) groups is 1. The lowest BCUT2D eigenvalue weighted by Gasteiger charge is -2.41. The highest BCUT2D eigenvalue weighted by Gasteiger charge is 2.38. The fraction of sp³-hybridized carbons (Fsp3) is 0.562. The van der Waals surface area contributed by atoms with Crippen LogP contribution in [-0.4, -0.2) is 17.3 Å². The molecule has 0 saturated heterocycles. The van der Waals surface area contributed by atoms with Gasteiger partial charge in [0, 0.05) is 11.4 Å². The Hall–Kier alpha value is -1.02.